The SMILES string of the molecule is Cc1cn2cc(-c3cc4ccc(N5CCN(CCO)C(C)C5)cc4c(=O)o3)nc2cn1. The van der Waals surface area contributed by atoms with Crippen LogP contribution in [-0.2, 0) is 0 Å². The highest BCUT2D eigenvalue weighted by molar-refractivity contribution is 5.87. The summed E-state index contributed by atoms with van der Waals surface area (Å²) in [5, 5.41) is 10.6. The Hall–Kier alpha value is -3.23. The van der Waals surface area contributed by atoms with Gasteiger partial charge in [0.2, 0.25) is 0 Å². The molecule has 0 radical (unpaired) electrons. The maximum atomic E-state index is 12.8. The van der Waals surface area contributed by atoms with Crippen LogP contribution in [0.2, 0.25) is 0 Å². The summed E-state index contributed by atoms with van der Waals surface area (Å²) in [4.78, 5) is 26.2. The van der Waals surface area contributed by atoms with Crippen molar-refractivity contribution in [3.63, 3.8) is 0 Å². The van der Waals surface area contributed by atoms with Crippen LogP contribution in [0.3, 0.4) is 0 Å². The van der Waals surface area contributed by atoms with Crippen molar-refractivity contribution in [3.05, 3.63) is 59.0 Å². The van der Waals surface area contributed by atoms with Crippen LogP contribution in [0.15, 0.2) is 52.1 Å². The van der Waals surface area contributed by atoms with Crippen molar-refractivity contribution < 1.29 is 9.52 Å². The largest absolute Gasteiger partial charge is 0.421 e. The normalized spacial score (nSPS) is 17.6. The summed E-state index contributed by atoms with van der Waals surface area (Å²) < 4.78 is 7.52. The van der Waals surface area contributed by atoms with Crippen LogP contribution in [0.25, 0.3) is 27.9 Å². The minimum absolute atomic E-state index is 0.173. The molecule has 0 amide bonds. The third-order valence-corrected chi connectivity index (χ3v) is 5.99. The molecule has 1 aliphatic rings. The summed E-state index contributed by atoms with van der Waals surface area (Å²) >= 11 is 0. The van der Waals surface area contributed by atoms with Crippen molar-refractivity contribution in [2.45, 2.75) is 19.9 Å². The minimum Gasteiger partial charge on any atom is -0.421 e. The van der Waals surface area contributed by atoms with E-state index in [1.165, 1.54) is 0 Å². The monoisotopic (exact) mass is 419 g/mol. The summed E-state index contributed by atoms with van der Waals surface area (Å²) in [6.07, 6.45) is 5.43. The minimum atomic E-state index is -0.368. The molecular weight excluding hydrogens is 394 g/mol. The zero-order chi connectivity index (χ0) is 21.5. The molecule has 4 heterocycles. The highest BCUT2D eigenvalue weighted by Gasteiger charge is 2.23. The number of anilines is 1. The Bertz CT molecular complexity index is 1310. The fraction of sp³-hybridized carbons (Fsp3) is 0.348. The van der Waals surface area contributed by atoms with Gasteiger partial charge in [0.1, 0.15) is 5.69 Å². The molecule has 3 aromatic heterocycles. The Morgan fingerprint density at radius 1 is 1.23 bits per heavy atom. The van der Waals surface area contributed by atoms with Crippen LogP contribution in [-0.4, -0.2) is 63.2 Å². The van der Waals surface area contributed by atoms with Gasteiger partial charge in [0.15, 0.2) is 11.4 Å². The molecule has 1 atom stereocenters. The molecule has 5 rings (SSSR count). The number of nitrogens with zero attached hydrogens (tertiary/aromatic N) is 5. The lowest BCUT2D eigenvalue weighted by Gasteiger charge is -2.40. The van der Waals surface area contributed by atoms with Crippen molar-refractivity contribution >= 4 is 22.1 Å². The molecule has 1 aliphatic heterocycles. The third-order valence-electron chi connectivity index (χ3n) is 5.99. The topological polar surface area (TPSA) is 87.1 Å². The lowest BCUT2D eigenvalue weighted by atomic mass is 10.1. The van der Waals surface area contributed by atoms with Gasteiger partial charge in [-0.15, -0.1) is 0 Å². The van der Waals surface area contributed by atoms with E-state index in [0.29, 0.717) is 35.1 Å². The van der Waals surface area contributed by atoms with Crippen LogP contribution in [0.4, 0.5) is 5.69 Å². The van der Waals surface area contributed by atoms with E-state index in [9.17, 15) is 9.90 Å². The first-order valence-corrected chi connectivity index (χ1v) is 10.5. The van der Waals surface area contributed by atoms with Gasteiger partial charge in [-0.05, 0) is 37.4 Å². The molecule has 1 unspecified atom stereocenters. The second-order valence-corrected chi connectivity index (χ2v) is 8.14. The lowest BCUT2D eigenvalue weighted by Crippen LogP contribution is -2.52. The molecule has 1 N–H and O–H groups in total. The zero-order valence-electron chi connectivity index (χ0n) is 17.7. The number of benzene rings is 1. The molecule has 0 bridgehead atoms. The number of hydrogen-bond donors (Lipinski definition) is 1. The third kappa shape index (κ3) is 3.68. The van der Waals surface area contributed by atoms with Gasteiger partial charge in [0.25, 0.3) is 0 Å². The lowest BCUT2D eigenvalue weighted by molar-refractivity contribution is 0.146. The summed E-state index contributed by atoms with van der Waals surface area (Å²) in [5.74, 6) is 0.442. The van der Waals surface area contributed by atoms with Crippen LogP contribution >= 0.6 is 0 Å². The van der Waals surface area contributed by atoms with Crippen molar-refractivity contribution in [1.29, 1.82) is 0 Å². The van der Waals surface area contributed by atoms with E-state index in [4.69, 9.17) is 4.42 Å². The number of aryl methyl sites for hydroxylation is 1. The van der Waals surface area contributed by atoms with Crippen LogP contribution in [0, 0.1) is 6.92 Å². The van der Waals surface area contributed by atoms with Crippen molar-refractivity contribution in [2.24, 2.45) is 0 Å². The Morgan fingerprint density at radius 3 is 2.90 bits per heavy atom. The molecule has 1 aromatic carbocycles. The number of piperazine rings is 1. The molecule has 8 nitrogen and oxygen atoms in total. The maximum absolute atomic E-state index is 12.8. The van der Waals surface area contributed by atoms with E-state index in [2.05, 4.69) is 32.8 Å². The summed E-state index contributed by atoms with van der Waals surface area (Å²) in [5.41, 5.74) is 2.83. The molecule has 0 spiro atoms. The van der Waals surface area contributed by atoms with E-state index in [-0.39, 0.29) is 12.2 Å². The number of rotatable bonds is 4. The molecule has 0 saturated carbocycles. The van der Waals surface area contributed by atoms with E-state index in [1.807, 2.05) is 41.9 Å². The second kappa shape index (κ2) is 7.79. The standard InChI is InChI=1S/C23H25N5O3/c1-15-12-28-14-20(25-22(28)11-24-15)21-9-17-3-4-18(10-19(17)23(30)31-21)27-6-5-26(7-8-29)16(2)13-27/h3-4,9-12,14,16,29H,5-8,13H2,1-2H3. The van der Waals surface area contributed by atoms with Gasteiger partial charge < -0.3 is 18.8 Å². The quantitative estimate of drug-likeness (QED) is 0.543. The molecule has 1 saturated heterocycles. The summed E-state index contributed by atoms with van der Waals surface area (Å²) in [7, 11) is 0. The molecule has 0 aliphatic carbocycles. The van der Waals surface area contributed by atoms with Crippen molar-refractivity contribution in [3.8, 4) is 11.5 Å². The predicted octanol–water partition coefficient (Wildman–Crippen LogP) is 2.31. The molecule has 31 heavy (non-hydrogen) atoms. The van der Waals surface area contributed by atoms with E-state index >= 15 is 0 Å². The number of aromatic nitrogens is 3. The molecule has 160 valence electrons. The average molecular weight is 419 g/mol. The van der Waals surface area contributed by atoms with Gasteiger partial charge in [0.05, 0.1) is 23.9 Å². The first-order valence-electron chi connectivity index (χ1n) is 10.5. The summed E-state index contributed by atoms with van der Waals surface area (Å²) in [6, 6.07) is 8.14. The highest BCUT2D eigenvalue weighted by atomic mass is 16.4. The Balaban J connectivity index is 1.47. The van der Waals surface area contributed by atoms with Crippen molar-refractivity contribution in [1.82, 2.24) is 19.3 Å². The number of imidazole rings is 1. The van der Waals surface area contributed by atoms with Gasteiger partial charge >= 0.3 is 5.63 Å². The van der Waals surface area contributed by atoms with Gasteiger partial charge in [0, 0.05) is 50.3 Å². The van der Waals surface area contributed by atoms with E-state index < -0.39 is 0 Å². The van der Waals surface area contributed by atoms with Crippen LogP contribution in [0.5, 0.6) is 0 Å². The van der Waals surface area contributed by atoms with Crippen molar-refractivity contribution in [2.75, 3.05) is 37.7 Å². The molecule has 4 aromatic rings. The number of fused-ring (bicyclic) bond motifs is 2. The first-order chi connectivity index (χ1) is 15.0. The fourth-order valence-corrected chi connectivity index (χ4v) is 4.31. The molecule has 8 heteroatoms. The summed E-state index contributed by atoms with van der Waals surface area (Å²) in [6.45, 7) is 7.53. The Kier molecular flexibility index (Phi) is 4.95. The van der Waals surface area contributed by atoms with Gasteiger partial charge in [-0.3, -0.25) is 9.88 Å². The fourth-order valence-electron chi connectivity index (χ4n) is 4.31. The number of β-amino-alcohol motifs (C(OH)–C–C–N with tert-alkyl or cyclic N) is 1. The number of aliphatic hydroxyl groups is 1. The van der Waals surface area contributed by atoms with E-state index in [0.717, 1.165) is 36.4 Å². The average Bonchev–Trinajstić information content (AvgIpc) is 3.18. The zero-order valence-corrected chi connectivity index (χ0v) is 17.7. The molecular formula is C23H25N5O3. The van der Waals surface area contributed by atoms with Gasteiger partial charge in [-0.25, -0.2) is 9.78 Å². The Morgan fingerprint density at radius 2 is 2.10 bits per heavy atom. The second-order valence-electron chi connectivity index (χ2n) is 8.14. The Labute approximate surface area is 179 Å². The van der Waals surface area contributed by atoms with E-state index in [1.54, 1.807) is 6.20 Å². The molecule has 1 fully saturated rings. The smallest absolute Gasteiger partial charge is 0.344 e. The number of hydrogen-bond acceptors (Lipinski definition) is 7. The van der Waals surface area contributed by atoms with Gasteiger partial charge in [-0.1, -0.05) is 6.07 Å². The van der Waals surface area contributed by atoms with Crippen LogP contribution in [0.1, 0.15) is 12.6 Å². The highest BCUT2D eigenvalue weighted by Crippen LogP contribution is 2.26. The number of aliphatic hydroxyl groups excluding tert-OH is 1. The van der Waals surface area contributed by atoms with Crippen LogP contribution < -0.4 is 10.5 Å². The first kappa shape index (κ1) is 19.7. The maximum Gasteiger partial charge on any atom is 0.344 e. The van der Waals surface area contributed by atoms with Gasteiger partial charge in [-0.2, -0.15) is 0 Å². The predicted molar refractivity (Wildman–Crippen MR) is 120 cm³/mol.